The molecular formula is C15H27N5O. The largest absolute Gasteiger partial charge is 0.460 e. The number of nitrogens with two attached hydrogens (primary N) is 1. The van der Waals surface area contributed by atoms with Gasteiger partial charge >= 0.3 is 6.01 Å². The van der Waals surface area contributed by atoms with E-state index in [2.05, 4.69) is 42.6 Å². The summed E-state index contributed by atoms with van der Waals surface area (Å²) >= 11 is 0. The summed E-state index contributed by atoms with van der Waals surface area (Å²) in [6, 6.07) is 0.358. The van der Waals surface area contributed by atoms with Gasteiger partial charge < -0.3 is 15.4 Å². The molecule has 3 unspecified atom stereocenters. The Labute approximate surface area is 127 Å². The normalized spacial score (nSPS) is 25.6. The van der Waals surface area contributed by atoms with Crippen LogP contribution in [-0.2, 0) is 0 Å². The molecule has 6 nitrogen and oxygen atoms in total. The van der Waals surface area contributed by atoms with Gasteiger partial charge in [-0.3, -0.25) is 0 Å². The predicted molar refractivity (Wildman–Crippen MR) is 84.4 cm³/mol. The Morgan fingerprint density at radius 1 is 1.10 bits per heavy atom. The van der Waals surface area contributed by atoms with Gasteiger partial charge in [-0.05, 0) is 44.9 Å². The first-order valence-electron chi connectivity index (χ1n) is 7.96. The third kappa shape index (κ3) is 3.95. The third-order valence-corrected chi connectivity index (χ3v) is 4.49. The lowest BCUT2D eigenvalue weighted by molar-refractivity contribution is 0.0919. The van der Waals surface area contributed by atoms with Gasteiger partial charge in [0.2, 0.25) is 11.9 Å². The van der Waals surface area contributed by atoms with E-state index in [1.165, 1.54) is 6.42 Å². The minimum atomic E-state index is 0.183. The first-order valence-corrected chi connectivity index (χ1v) is 7.96. The highest BCUT2D eigenvalue weighted by Crippen LogP contribution is 2.31. The maximum absolute atomic E-state index is 5.97. The molecule has 2 N–H and O–H groups in total. The summed E-state index contributed by atoms with van der Waals surface area (Å²) in [6.07, 6.45) is 3.47. The van der Waals surface area contributed by atoms with Crippen LogP contribution in [0.1, 0.15) is 47.0 Å². The van der Waals surface area contributed by atoms with Crippen molar-refractivity contribution < 1.29 is 4.74 Å². The van der Waals surface area contributed by atoms with Gasteiger partial charge in [0.05, 0.1) is 0 Å². The Balaban J connectivity index is 2.09. The molecule has 1 aliphatic rings. The SMILES string of the molecule is CCN(CC)c1nc(N)nc(OC2CCC(C)C(C)C2)n1. The van der Waals surface area contributed by atoms with E-state index in [4.69, 9.17) is 10.5 Å². The molecule has 1 heterocycles. The number of hydrogen-bond donors (Lipinski definition) is 1. The summed E-state index contributed by atoms with van der Waals surface area (Å²) in [5.74, 6) is 2.25. The number of hydrogen-bond acceptors (Lipinski definition) is 6. The van der Waals surface area contributed by atoms with Crippen molar-refractivity contribution in [2.75, 3.05) is 23.7 Å². The van der Waals surface area contributed by atoms with E-state index in [1.54, 1.807) is 0 Å². The molecule has 21 heavy (non-hydrogen) atoms. The molecule has 2 rings (SSSR count). The van der Waals surface area contributed by atoms with E-state index in [9.17, 15) is 0 Å². The lowest BCUT2D eigenvalue weighted by Gasteiger charge is -2.31. The van der Waals surface area contributed by atoms with Crippen molar-refractivity contribution in [1.82, 2.24) is 15.0 Å². The zero-order valence-corrected chi connectivity index (χ0v) is 13.5. The van der Waals surface area contributed by atoms with Crippen LogP contribution in [-0.4, -0.2) is 34.1 Å². The Kier molecular flexibility index (Phi) is 5.20. The molecule has 0 spiro atoms. The Morgan fingerprint density at radius 2 is 1.81 bits per heavy atom. The number of nitrogens with zero attached hydrogens (tertiary/aromatic N) is 4. The van der Waals surface area contributed by atoms with E-state index >= 15 is 0 Å². The van der Waals surface area contributed by atoms with Crippen LogP contribution in [0.4, 0.5) is 11.9 Å². The van der Waals surface area contributed by atoms with E-state index in [0.717, 1.165) is 31.8 Å². The molecule has 0 saturated heterocycles. The van der Waals surface area contributed by atoms with E-state index in [0.29, 0.717) is 17.9 Å². The van der Waals surface area contributed by atoms with Crippen molar-refractivity contribution in [3.8, 4) is 6.01 Å². The average Bonchev–Trinajstić information content (AvgIpc) is 2.44. The Morgan fingerprint density at radius 3 is 2.43 bits per heavy atom. The van der Waals surface area contributed by atoms with Gasteiger partial charge in [0.1, 0.15) is 6.10 Å². The fourth-order valence-corrected chi connectivity index (χ4v) is 2.82. The van der Waals surface area contributed by atoms with Gasteiger partial charge in [0, 0.05) is 13.1 Å². The van der Waals surface area contributed by atoms with E-state index < -0.39 is 0 Å². The predicted octanol–water partition coefficient (Wildman–Crippen LogP) is 2.50. The molecule has 6 heteroatoms. The van der Waals surface area contributed by atoms with Crippen molar-refractivity contribution >= 4 is 11.9 Å². The lowest BCUT2D eigenvalue weighted by Crippen LogP contribution is -2.30. The number of nitrogen functional groups attached to an aromatic ring is 1. The molecule has 0 aliphatic heterocycles. The first-order chi connectivity index (χ1) is 10.0. The molecular weight excluding hydrogens is 266 g/mol. The van der Waals surface area contributed by atoms with Crippen LogP contribution in [0.2, 0.25) is 0 Å². The molecule has 1 aromatic heterocycles. The minimum Gasteiger partial charge on any atom is -0.460 e. The van der Waals surface area contributed by atoms with Crippen LogP contribution in [0.3, 0.4) is 0 Å². The summed E-state index contributed by atoms with van der Waals surface area (Å²) in [7, 11) is 0. The topological polar surface area (TPSA) is 77.2 Å². The zero-order chi connectivity index (χ0) is 15.4. The van der Waals surface area contributed by atoms with Crippen molar-refractivity contribution in [1.29, 1.82) is 0 Å². The number of ether oxygens (including phenoxy) is 1. The molecule has 1 saturated carbocycles. The highest BCUT2D eigenvalue weighted by atomic mass is 16.5. The second-order valence-corrected chi connectivity index (χ2v) is 5.96. The molecule has 0 radical (unpaired) electrons. The fourth-order valence-electron chi connectivity index (χ4n) is 2.82. The second kappa shape index (κ2) is 6.91. The van der Waals surface area contributed by atoms with Crippen molar-refractivity contribution in [2.24, 2.45) is 11.8 Å². The van der Waals surface area contributed by atoms with Gasteiger partial charge in [-0.25, -0.2) is 0 Å². The van der Waals surface area contributed by atoms with Crippen LogP contribution in [0.15, 0.2) is 0 Å². The van der Waals surface area contributed by atoms with Crippen LogP contribution < -0.4 is 15.4 Å². The average molecular weight is 293 g/mol. The molecule has 1 fully saturated rings. The maximum Gasteiger partial charge on any atom is 0.323 e. The minimum absolute atomic E-state index is 0.183. The third-order valence-electron chi connectivity index (χ3n) is 4.49. The van der Waals surface area contributed by atoms with E-state index in [-0.39, 0.29) is 12.1 Å². The standard InChI is InChI=1S/C15H27N5O/c1-5-20(6-2)14-17-13(16)18-15(19-14)21-12-8-7-10(3)11(4)9-12/h10-12H,5-9H2,1-4H3,(H2,16,17,18,19). The van der Waals surface area contributed by atoms with Crippen molar-refractivity contribution in [2.45, 2.75) is 53.1 Å². The van der Waals surface area contributed by atoms with Crippen LogP contribution in [0, 0.1) is 11.8 Å². The highest BCUT2D eigenvalue weighted by Gasteiger charge is 2.26. The Hall–Kier alpha value is -1.59. The first kappa shape index (κ1) is 15.8. The number of aromatic nitrogens is 3. The van der Waals surface area contributed by atoms with Gasteiger partial charge in [-0.1, -0.05) is 13.8 Å². The monoisotopic (exact) mass is 293 g/mol. The quantitative estimate of drug-likeness (QED) is 0.898. The van der Waals surface area contributed by atoms with E-state index in [1.807, 2.05) is 4.90 Å². The number of anilines is 2. The zero-order valence-electron chi connectivity index (χ0n) is 13.5. The van der Waals surface area contributed by atoms with Gasteiger partial charge in [-0.15, -0.1) is 0 Å². The molecule has 1 aliphatic carbocycles. The summed E-state index contributed by atoms with van der Waals surface area (Å²) in [4.78, 5) is 14.8. The molecule has 0 bridgehead atoms. The molecule has 3 atom stereocenters. The summed E-state index contributed by atoms with van der Waals surface area (Å²) in [6.45, 7) is 10.4. The Bertz CT molecular complexity index is 463. The van der Waals surface area contributed by atoms with Crippen molar-refractivity contribution in [3.63, 3.8) is 0 Å². The van der Waals surface area contributed by atoms with Crippen molar-refractivity contribution in [3.05, 3.63) is 0 Å². The highest BCUT2D eigenvalue weighted by molar-refractivity contribution is 5.35. The van der Waals surface area contributed by atoms with Crippen LogP contribution in [0.25, 0.3) is 0 Å². The molecule has 1 aromatic rings. The number of rotatable bonds is 5. The van der Waals surface area contributed by atoms with Gasteiger partial charge in [0.15, 0.2) is 0 Å². The van der Waals surface area contributed by atoms with Crippen LogP contribution >= 0.6 is 0 Å². The lowest BCUT2D eigenvalue weighted by atomic mass is 9.80. The molecule has 0 aromatic carbocycles. The molecule has 0 amide bonds. The smallest absolute Gasteiger partial charge is 0.323 e. The maximum atomic E-state index is 5.97. The fraction of sp³-hybridized carbons (Fsp3) is 0.800. The van der Waals surface area contributed by atoms with Gasteiger partial charge in [-0.2, -0.15) is 15.0 Å². The summed E-state index contributed by atoms with van der Waals surface area (Å²) < 4.78 is 5.97. The second-order valence-electron chi connectivity index (χ2n) is 5.96. The van der Waals surface area contributed by atoms with Crippen LogP contribution in [0.5, 0.6) is 6.01 Å². The summed E-state index contributed by atoms with van der Waals surface area (Å²) in [5, 5.41) is 0. The summed E-state index contributed by atoms with van der Waals surface area (Å²) in [5.41, 5.74) is 5.79. The van der Waals surface area contributed by atoms with Gasteiger partial charge in [0.25, 0.3) is 0 Å². The molecule has 118 valence electrons.